The number of nitrogens with one attached hydrogen (secondary N) is 1. The van der Waals surface area contributed by atoms with Crippen LogP contribution in [0.25, 0.3) is 11.3 Å². The summed E-state index contributed by atoms with van der Waals surface area (Å²) < 4.78 is 1.92. The normalized spacial score (nSPS) is 12.2. The maximum absolute atomic E-state index is 12.7. The molecule has 11 heteroatoms. The standard InChI is InChI=1S/C17H15Cl4N5OS/c1-26-14(15(20)24-25-26)11-6-13(28-16(11)21)17(27)23-10(7-22)4-8-2-3-9(18)5-12(8)19/h2-3,5-6,10H,4,7,22H2,1H3,(H,23,27)/t10-/m0/s1. The summed E-state index contributed by atoms with van der Waals surface area (Å²) in [6.45, 7) is 0.244. The molecule has 1 atom stereocenters. The number of benzene rings is 1. The summed E-state index contributed by atoms with van der Waals surface area (Å²) in [4.78, 5) is 13.1. The molecule has 148 valence electrons. The predicted molar refractivity (Wildman–Crippen MR) is 115 cm³/mol. The first-order valence-corrected chi connectivity index (χ1v) is 10.4. The average Bonchev–Trinajstić information content (AvgIpc) is 3.18. The first-order valence-electron chi connectivity index (χ1n) is 8.10. The van der Waals surface area contributed by atoms with E-state index < -0.39 is 0 Å². The van der Waals surface area contributed by atoms with Gasteiger partial charge in [0.05, 0.1) is 4.88 Å². The van der Waals surface area contributed by atoms with Gasteiger partial charge in [-0.25, -0.2) is 4.68 Å². The van der Waals surface area contributed by atoms with E-state index in [-0.39, 0.29) is 23.6 Å². The number of aryl methyl sites for hydroxylation is 1. The van der Waals surface area contributed by atoms with Gasteiger partial charge in [0, 0.05) is 35.2 Å². The number of hydrogen-bond donors (Lipinski definition) is 2. The van der Waals surface area contributed by atoms with Gasteiger partial charge in [0.15, 0.2) is 5.15 Å². The van der Waals surface area contributed by atoms with Crippen LogP contribution in [0.2, 0.25) is 19.5 Å². The second-order valence-corrected chi connectivity index (χ2v) is 8.85. The van der Waals surface area contributed by atoms with Gasteiger partial charge in [0.1, 0.15) is 10.0 Å². The van der Waals surface area contributed by atoms with Crippen molar-refractivity contribution in [2.24, 2.45) is 12.8 Å². The zero-order chi connectivity index (χ0) is 20.4. The van der Waals surface area contributed by atoms with Gasteiger partial charge in [0.2, 0.25) is 0 Å². The maximum Gasteiger partial charge on any atom is 0.261 e. The van der Waals surface area contributed by atoms with Crippen LogP contribution in [0.15, 0.2) is 24.3 Å². The van der Waals surface area contributed by atoms with Gasteiger partial charge in [-0.3, -0.25) is 4.79 Å². The van der Waals surface area contributed by atoms with E-state index in [2.05, 4.69) is 15.6 Å². The molecule has 2 aromatic heterocycles. The third kappa shape index (κ3) is 4.62. The van der Waals surface area contributed by atoms with Crippen LogP contribution in [-0.4, -0.2) is 33.5 Å². The summed E-state index contributed by atoms with van der Waals surface area (Å²) in [5, 5.41) is 11.9. The van der Waals surface area contributed by atoms with E-state index in [1.54, 1.807) is 25.2 Å². The van der Waals surface area contributed by atoms with E-state index in [1.165, 1.54) is 4.68 Å². The summed E-state index contributed by atoms with van der Waals surface area (Å²) in [7, 11) is 1.70. The lowest BCUT2D eigenvalue weighted by atomic mass is 10.1. The first kappa shape index (κ1) is 21.4. The average molecular weight is 479 g/mol. The van der Waals surface area contributed by atoms with E-state index in [4.69, 9.17) is 52.1 Å². The Bertz CT molecular complexity index is 1000. The predicted octanol–water partition coefficient (Wildman–Crippen LogP) is 4.46. The Hall–Kier alpha value is -1.35. The minimum absolute atomic E-state index is 0.214. The number of nitrogens with two attached hydrogens (primary N) is 1. The van der Waals surface area contributed by atoms with E-state index in [1.807, 2.05) is 6.07 Å². The lowest BCUT2D eigenvalue weighted by molar-refractivity contribution is 0.0942. The minimum atomic E-state index is -0.308. The molecule has 0 aliphatic carbocycles. The van der Waals surface area contributed by atoms with Gasteiger partial charge < -0.3 is 11.1 Å². The van der Waals surface area contributed by atoms with Gasteiger partial charge in [-0.1, -0.05) is 57.7 Å². The first-order chi connectivity index (χ1) is 13.3. The number of thiophene rings is 1. The van der Waals surface area contributed by atoms with Crippen LogP contribution in [0.1, 0.15) is 15.2 Å². The smallest absolute Gasteiger partial charge is 0.261 e. The number of halogens is 4. The molecule has 3 aromatic rings. The molecule has 0 unspecified atom stereocenters. The highest BCUT2D eigenvalue weighted by Gasteiger charge is 2.22. The highest BCUT2D eigenvalue weighted by atomic mass is 35.5. The number of carbonyl (C=O) groups is 1. The monoisotopic (exact) mass is 477 g/mol. The Kier molecular flexibility index (Phi) is 6.85. The fraction of sp³-hybridized carbons (Fsp3) is 0.235. The van der Waals surface area contributed by atoms with Crippen LogP contribution in [0.3, 0.4) is 0 Å². The Balaban J connectivity index is 1.77. The quantitative estimate of drug-likeness (QED) is 0.547. The van der Waals surface area contributed by atoms with Crippen LogP contribution in [0.4, 0.5) is 0 Å². The summed E-state index contributed by atoms with van der Waals surface area (Å²) in [5.74, 6) is -0.287. The van der Waals surface area contributed by atoms with Crippen LogP contribution in [0, 0.1) is 0 Å². The van der Waals surface area contributed by atoms with Gasteiger partial charge in [0.25, 0.3) is 5.91 Å². The highest BCUT2D eigenvalue weighted by molar-refractivity contribution is 7.18. The van der Waals surface area contributed by atoms with Crippen molar-refractivity contribution in [1.29, 1.82) is 0 Å². The molecule has 0 radical (unpaired) electrons. The Labute approximate surface area is 185 Å². The highest BCUT2D eigenvalue weighted by Crippen LogP contribution is 2.38. The van der Waals surface area contributed by atoms with E-state index in [0.29, 0.717) is 36.9 Å². The molecule has 0 saturated carbocycles. The molecule has 2 heterocycles. The topological polar surface area (TPSA) is 85.8 Å². The van der Waals surface area contributed by atoms with E-state index >= 15 is 0 Å². The fourth-order valence-electron chi connectivity index (χ4n) is 2.66. The molecule has 1 aromatic carbocycles. The van der Waals surface area contributed by atoms with Crippen molar-refractivity contribution < 1.29 is 4.79 Å². The molecule has 3 rings (SSSR count). The molecule has 0 saturated heterocycles. The number of amides is 1. The zero-order valence-corrected chi connectivity index (χ0v) is 18.4. The van der Waals surface area contributed by atoms with Gasteiger partial charge >= 0.3 is 0 Å². The van der Waals surface area contributed by atoms with E-state index in [0.717, 1.165) is 16.9 Å². The number of carbonyl (C=O) groups excluding carboxylic acids is 1. The summed E-state index contributed by atoms with van der Waals surface area (Å²) in [5.41, 5.74) is 7.83. The Morgan fingerprint density at radius 2 is 2.04 bits per heavy atom. The number of hydrogen-bond acceptors (Lipinski definition) is 5. The van der Waals surface area contributed by atoms with Crippen molar-refractivity contribution in [2.45, 2.75) is 12.5 Å². The number of aromatic nitrogens is 3. The SMILES string of the molecule is Cn1nnc(Cl)c1-c1cc(C(=O)N[C@H](CN)Cc2ccc(Cl)cc2Cl)sc1Cl. The van der Waals surface area contributed by atoms with Crippen molar-refractivity contribution in [1.82, 2.24) is 20.3 Å². The molecule has 0 aliphatic heterocycles. The third-order valence-electron chi connectivity index (χ3n) is 4.05. The summed E-state index contributed by atoms with van der Waals surface area (Å²) in [6, 6.07) is 6.57. The van der Waals surface area contributed by atoms with E-state index in [9.17, 15) is 4.79 Å². The van der Waals surface area contributed by atoms with Crippen molar-refractivity contribution in [3.8, 4) is 11.3 Å². The van der Waals surface area contributed by atoms with Gasteiger partial charge in [-0.05, 0) is 30.2 Å². The molecule has 0 spiro atoms. The van der Waals surface area contributed by atoms with Crippen LogP contribution < -0.4 is 11.1 Å². The fourth-order valence-corrected chi connectivity index (χ4v) is 4.59. The number of rotatable bonds is 6. The van der Waals surface area contributed by atoms with Crippen molar-refractivity contribution in [2.75, 3.05) is 6.54 Å². The minimum Gasteiger partial charge on any atom is -0.347 e. The lowest BCUT2D eigenvalue weighted by Crippen LogP contribution is -2.41. The number of nitrogens with zero attached hydrogens (tertiary/aromatic N) is 3. The third-order valence-corrected chi connectivity index (χ3v) is 6.25. The molecule has 0 fully saturated rings. The second kappa shape index (κ2) is 8.98. The van der Waals surface area contributed by atoms with Crippen LogP contribution in [0.5, 0.6) is 0 Å². The van der Waals surface area contributed by atoms with Crippen LogP contribution >= 0.6 is 57.7 Å². The Morgan fingerprint density at radius 1 is 1.29 bits per heavy atom. The lowest BCUT2D eigenvalue weighted by Gasteiger charge is -2.17. The summed E-state index contributed by atoms with van der Waals surface area (Å²) in [6.07, 6.45) is 0.474. The Morgan fingerprint density at radius 3 is 2.64 bits per heavy atom. The zero-order valence-electron chi connectivity index (χ0n) is 14.5. The molecule has 3 N–H and O–H groups in total. The van der Waals surface area contributed by atoms with Crippen molar-refractivity contribution in [3.05, 3.63) is 54.2 Å². The second-order valence-electron chi connectivity index (χ2n) is 6.00. The molecule has 6 nitrogen and oxygen atoms in total. The molecule has 0 aliphatic rings. The maximum atomic E-state index is 12.7. The van der Waals surface area contributed by atoms with Crippen molar-refractivity contribution in [3.63, 3.8) is 0 Å². The largest absolute Gasteiger partial charge is 0.347 e. The van der Waals surface area contributed by atoms with Gasteiger partial charge in [-0.2, -0.15) is 0 Å². The van der Waals surface area contributed by atoms with Crippen LogP contribution in [-0.2, 0) is 13.5 Å². The molecule has 1 amide bonds. The summed E-state index contributed by atoms with van der Waals surface area (Å²) >= 11 is 25.7. The molecular weight excluding hydrogens is 464 g/mol. The molecule has 0 bridgehead atoms. The van der Waals surface area contributed by atoms with Crippen molar-refractivity contribution >= 4 is 63.6 Å². The molecular formula is C17H15Cl4N5OS. The van der Waals surface area contributed by atoms with Gasteiger partial charge in [-0.15, -0.1) is 16.4 Å². The molecule has 28 heavy (non-hydrogen) atoms.